The molecule has 5 nitrogen and oxygen atoms in total. The predicted molar refractivity (Wildman–Crippen MR) is 77.9 cm³/mol. The molecule has 20 heavy (non-hydrogen) atoms. The van der Waals surface area contributed by atoms with Crippen LogP contribution in [0, 0.1) is 0 Å². The number of anilines is 1. The van der Waals surface area contributed by atoms with Crippen LogP contribution in [0.2, 0.25) is 0 Å². The van der Waals surface area contributed by atoms with Gasteiger partial charge >= 0.3 is 5.97 Å². The van der Waals surface area contributed by atoms with E-state index in [1.165, 1.54) is 0 Å². The van der Waals surface area contributed by atoms with E-state index >= 15 is 0 Å². The van der Waals surface area contributed by atoms with Gasteiger partial charge in [0.2, 0.25) is 0 Å². The summed E-state index contributed by atoms with van der Waals surface area (Å²) >= 11 is 0. The lowest BCUT2D eigenvalue weighted by molar-refractivity contribution is -0.144. The van der Waals surface area contributed by atoms with Gasteiger partial charge in [0.1, 0.15) is 6.54 Å². The van der Waals surface area contributed by atoms with Crippen LogP contribution in [-0.2, 0) is 16.1 Å². The van der Waals surface area contributed by atoms with Gasteiger partial charge < -0.3 is 10.5 Å². The van der Waals surface area contributed by atoms with Gasteiger partial charge in [0, 0.05) is 17.4 Å². The Morgan fingerprint density at radius 1 is 1.30 bits per heavy atom. The number of carbonyl (C=O) groups excluding carboxylic acids is 1. The SMILES string of the molecule is CCCCOC(=O)Cn1cc(-c2ccc(N)cc2)cn1. The molecule has 0 spiro atoms. The minimum absolute atomic E-state index is 0.138. The van der Waals surface area contributed by atoms with Crippen LogP contribution in [0.4, 0.5) is 5.69 Å². The van der Waals surface area contributed by atoms with E-state index in [0.29, 0.717) is 6.61 Å². The molecule has 0 saturated carbocycles. The highest BCUT2D eigenvalue weighted by molar-refractivity contribution is 5.69. The van der Waals surface area contributed by atoms with E-state index in [-0.39, 0.29) is 12.5 Å². The van der Waals surface area contributed by atoms with Crippen LogP contribution in [0.25, 0.3) is 11.1 Å². The monoisotopic (exact) mass is 273 g/mol. The van der Waals surface area contributed by atoms with E-state index in [9.17, 15) is 4.79 Å². The fourth-order valence-corrected chi connectivity index (χ4v) is 1.78. The van der Waals surface area contributed by atoms with Crippen molar-refractivity contribution in [2.24, 2.45) is 0 Å². The summed E-state index contributed by atoms with van der Waals surface area (Å²) in [6.45, 7) is 2.67. The fraction of sp³-hybridized carbons (Fsp3) is 0.333. The van der Waals surface area contributed by atoms with Crippen molar-refractivity contribution in [2.75, 3.05) is 12.3 Å². The Hall–Kier alpha value is -2.30. The number of hydrogen-bond acceptors (Lipinski definition) is 4. The molecule has 1 aromatic heterocycles. The number of carbonyl (C=O) groups is 1. The number of nitrogens with zero attached hydrogens (tertiary/aromatic N) is 2. The molecule has 0 saturated heterocycles. The predicted octanol–water partition coefficient (Wildman–Crippen LogP) is 2.48. The number of aromatic nitrogens is 2. The highest BCUT2D eigenvalue weighted by atomic mass is 16.5. The molecular formula is C15H19N3O2. The Labute approximate surface area is 118 Å². The van der Waals surface area contributed by atoms with Crippen molar-refractivity contribution in [3.63, 3.8) is 0 Å². The molecule has 2 rings (SSSR count). The summed E-state index contributed by atoms with van der Waals surface area (Å²) in [5.74, 6) is -0.259. The third kappa shape index (κ3) is 3.85. The second kappa shape index (κ2) is 6.75. The highest BCUT2D eigenvalue weighted by Crippen LogP contribution is 2.19. The molecule has 0 aliphatic heterocycles. The number of nitrogen functional groups attached to an aromatic ring is 1. The smallest absolute Gasteiger partial charge is 0.327 e. The van der Waals surface area contributed by atoms with Gasteiger partial charge in [-0.1, -0.05) is 25.5 Å². The number of ether oxygens (including phenoxy) is 1. The van der Waals surface area contributed by atoms with Crippen molar-refractivity contribution < 1.29 is 9.53 Å². The average molecular weight is 273 g/mol. The van der Waals surface area contributed by atoms with Gasteiger partial charge in [-0.3, -0.25) is 9.48 Å². The van der Waals surface area contributed by atoms with E-state index in [4.69, 9.17) is 10.5 Å². The molecule has 0 aliphatic carbocycles. The van der Waals surface area contributed by atoms with Gasteiger partial charge in [0.05, 0.1) is 12.8 Å². The zero-order valence-corrected chi connectivity index (χ0v) is 11.6. The second-order valence-electron chi connectivity index (χ2n) is 4.62. The zero-order valence-electron chi connectivity index (χ0n) is 11.6. The standard InChI is InChI=1S/C15H19N3O2/c1-2-3-8-20-15(19)11-18-10-13(9-17-18)12-4-6-14(16)7-5-12/h4-7,9-10H,2-3,8,11,16H2,1H3. The molecule has 0 unspecified atom stereocenters. The summed E-state index contributed by atoms with van der Waals surface area (Å²) in [6.07, 6.45) is 5.45. The molecule has 0 amide bonds. The molecule has 2 aromatic rings. The van der Waals surface area contributed by atoms with Crippen molar-refractivity contribution in [2.45, 2.75) is 26.3 Å². The summed E-state index contributed by atoms with van der Waals surface area (Å²) < 4.78 is 6.68. The van der Waals surface area contributed by atoms with E-state index in [1.807, 2.05) is 30.5 Å². The maximum absolute atomic E-state index is 11.6. The first-order chi connectivity index (χ1) is 9.69. The highest BCUT2D eigenvalue weighted by Gasteiger charge is 2.07. The lowest BCUT2D eigenvalue weighted by atomic mass is 10.1. The Bertz CT molecular complexity index is 561. The molecular weight excluding hydrogens is 254 g/mol. The van der Waals surface area contributed by atoms with Crippen LogP contribution in [0.3, 0.4) is 0 Å². The molecule has 0 atom stereocenters. The summed E-state index contributed by atoms with van der Waals surface area (Å²) in [5.41, 5.74) is 8.34. The third-order valence-electron chi connectivity index (χ3n) is 2.93. The largest absolute Gasteiger partial charge is 0.464 e. The second-order valence-corrected chi connectivity index (χ2v) is 4.62. The fourth-order valence-electron chi connectivity index (χ4n) is 1.78. The molecule has 2 N–H and O–H groups in total. The topological polar surface area (TPSA) is 70.1 Å². The molecule has 0 fully saturated rings. The van der Waals surface area contributed by atoms with Crippen molar-refractivity contribution in [1.29, 1.82) is 0 Å². The van der Waals surface area contributed by atoms with E-state index in [0.717, 1.165) is 29.7 Å². The lowest BCUT2D eigenvalue weighted by Gasteiger charge is -2.03. The summed E-state index contributed by atoms with van der Waals surface area (Å²) in [6, 6.07) is 7.53. The first-order valence-electron chi connectivity index (χ1n) is 6.73. The minimum atomic E-state index is -0.259. The molecule has 1 heterocycles. The van der Waals surface area contributed by atoms with Crippen LogP contribution in [0.5, 0.6) is 0 Å². The van der Waals surface area contributed by atoms with Gasteiger partial charge in [0.15, 0.2) is 0 Å². The van der Waals surface area contributed by atoms with Gasteiger partial charge in [-0.15, -0.1) is 0 Å². The summed E-state index contributed by atoms with van der Waals surface area (Å²) in [4.78, 5) is 11.6. The number of esters is 1. The Morgan fingerprint density at radius 3 is 2.75 bits per heavy atom. The van der Waals surface area contributed by atoms with Crippen LogP contribution in [-0.4, -0.2) is 22.4 Å². The number of hydrogen-bond donors (Lipinski definition) is 1. The maximum atomic E-state index is 11.6. The lowest BCUT2D eigenvalue weighted by Crippen LogP contribution is -2.14. The normalized spacial score (nSPS) is 10.4. The summed E-state index contributed by atoms with van der Waals surface area (Å²) in [7, 11) is 0. The van der Waals surface area contributed by atoms with E-state index in [2.05, 4.69) is 12.0 Å². The van der Waals surface area contributed by atoms with Crippen LogP contribution in [0.15, 0.2) is 36.7 Å². The van der Waals surface area contributed by atoms with Gasteiger partial charge in [-0.2, -0.15) is 5.10 Å². The average Bonchev–Trinajstić information content (AvgIpc) is 2.88. The molecule has 0 aliphatic rings. The third-order valence-corrected chi connectivity index (χ3v) is 2.93. The van der Waals surface area contributed by atoms with Crippen molar-refractivity contribution in [3.05, 3.63) is 36.7 Å². The number of nitrogens with two attached hydrogens (primary N) is 1. The van der Waals surface area contributed by atoms with Crippen LogP contribution in [0.1, 0.15) is 19.8 Å². The molecule has 5 heteroatoms. The molecule has 106 valence electrons. The zero-order chi connectivity index (χ0) is 14.4. The number of rotatable bonds is 6. The maximum Gasteiger partial charge on any atom is 0.327 e. The Kier molecular flexibility index (Phi) is 4.76. The van der Waals surface area contributed by atoms with Gasteiger partial charge in [-0.05, 0) is 24.1 Å². The summed E-state index contributed by atoms with van der Waals surface area (Å²) in [5, 5.41) is 4.17. The van der Waals surface area contributed by atoms with Crippen molar-refractivity contribution in [3.8, 4) is 11.1 Å². The number of benzene rings is 1. The molecule has 1 aromatic carbocycles. The van der Waals surface area contributed by atoms with E-state index < -0.39 is 0 Å². The van der Waals surface area contributed by atoms with E-state index in [1.54, 1.807) is 10.9 Å². The Morgan fingerprint density at radius 2 is 2.05 bits per heavy atom. The van der Waals surface area contributed by atoms with Gasteiger partial charge in [-0.25, -0.2) is 0 Å². The molecule has 0 radical (unpaired) electrons. The number of unbranched alkanes of at least 4 members (excludes halogenated alkanes) is 1. The quantitative estimate of drug-likeness (QED) is 0.498. The van der Waals surface area contributed by atoms with Crippen molar-refractivity contribution >= 4 is 11.7 Å². The Balaban J connectivity index is 1.95. The van der Waals surface area contributed by atoms with Gasteiger partial charge in [0.25, 0.3) is 0 Å². The van der Waals surface area contributed by atoms with Crippen molar-refractivity contribution in [1.82, 2.24) is 9.78 Å². The van der Waals surface area contributed by atoms with Crippen LogP contribution < -0.4 is 5.73 Å². The molecule has 0 bridgehead atoms. The first-order valence-corrected chi connectivity index (χ1v) is 6.73. The first kappa shape index (κ1) is 14.1. The van der Waals surface area contributed by atoms with Crippen LogP contribution >= 0.6 is 0 Å². The minimum Gasteiger partial charge on any atom is -0.464 e.